The summed E-state index contributed by atoms with van der Waals surface area (Å²) in [6, 6.07) is 10.2. The van der Waals surface area contributed by atoms with Crippen LogP contribution in [0.2, 0.25) is 0 Å². The van der Waals surface area contributed by atoms with Gasteiger partial charge in [0.1, 0.15) is 0 Å². The number of benzene rings is 1. The summed E-state index contributed by atoms with van der Waals surface area (Å²) in [6.07, 6.45) is 0.702. The van der Waals surface area contributed by atoms with E-state index in [-0.39, 0.29) is 5.78 Å². The number of hydrogen-bond donors (Lipinski definition) is 0. The molecule has 0 radical (unpaired) electrons. The first-order valence-corrected chi connectivity index (χ1v) is 5.99. The fourth-order valence-corrected chi connectivity index (χ4v) is 2.16. The van der Waals surface area contributed by atoms with Crippen LogP contribution in [-0.4, -0.2) is 29.8 Å². The van der Waals surface area contributed by atoms with Crippen LogP contribution in [0.4, 0.5) is 0 Å². The summed E-state index contributed by atoms with van der Waals surface area (Å²) in [4.78, 5) is 14.3. The van der Waals surface area contributed by atoms with Crippen LogP contribution in [0.1, 0.15) is 30.6 Å². The Labute approximate surface area is 97.3 Å². The van der Waals surface area contributed by atoms with Gasteiger partial charge in [0.25, 0.3) is 0 Å². The summed E-state index contributed by atoms with van der Waals surface area (Å²) < 4.78 is 0. The van der Waals surface area contributed by atoms with Gasteiger partial charge in [0.2, 0.25) is 0 Å². The highest BCUT2D eigenvalue weighted by atomic mass is 16.1. The van der Waals surface area contributed by atoms with Gasteiger partial charge in [0, 0.05) is 31.1 Å². The number of carbonyl (C=O) groups excluding carboxylic acids is 1. The van der Waals surface area contributed by atoms with Crippen LogP contribution in [0, 0.1) is 5.92 Å². The molecule has 0 bridgehead atoms. The highest BCUT2D eigenvalue weighted by Gasteiger charge is 2.29. The minimum atomic E-state index is 0.286. The molecule has 0 aromatic heterocycles. The Balaban J connectivity index is 1.82. The SMILES string of the molecule is CC(C)N1CC(CC(=O)c2ccccc2)C1. The first-order valence-electron chi connectivity index (χ1n) is 5.99. The standard InChI is InChI=1S/C14H19NO/c1-11(2)15-9-12(10-15)8-14(16)13-6-4-3-5-7-13/h3-7,11-12H,8-10H2,1-2H3. The molecule has 1 aromatic carbocycles. The summed E-state index contributed by atoms with van der Waals surface area (Å²) >= 11 is 0. The lowest BCUT2D eigenvalue weighted by Gasteiger charge is -2.41. The van der Waals surface area contributed by atoms with Crippen molar-refractivity contribution in [3.63, 3.8) is 0 Å². The zero-order valence-corrected chi connectivity index (χ0v) is 10.0. The van der Waals surface area contributed by atoms with Gasteiger partial charge >= 0.3 is 0 Å². The molecule has 1 fully saturated rings. The Morgan fingerprint density at radius 3 is 2.50 bits per heavy atom. The lowest BCUT2D eigenvalue weighted by Crippen LogP contribution is -2.50. The van der Waals surface area contributed by atoms with E-state index in [0.29, 0.717) is 18.4 Å². The van der Waals surface area contributed by atoms with E-state index in [9.17, 15) is 4.79 Å². The van der Waals surface area contributed by atoms with Crippen LogP contribution in [0.5, 0.6) is 0 Å². The number of likely N-dealkylation sites (tertiary alicyclic amines) is 1. The van der Waals surface area contributed by atoms with Gasteiger partial charge in [-0.05, 0) is 19.8 Å². The summed E-state index contributed by atoms with van der Waals surface area (Å²) in [5.74, 6) is 0.851. The minimum absolute atomic E-state index is 0.286. The van der Waals surface area contributed by atoms with Crippen molar-refractivity contribution >= 4 is 5.78 Å². The van der Waals surface area contributed by atoms with Crippen LogP contribution < -0.4 is 0 Å². The smallest absolute Gasteiger partial charge is 0.163 e. The number of rotatable bonds is 4. The number of carbonyl (C=O) groups is 1. The lowest BCUT2D eigenvalue weighted by molar-refractivity contribution is 0.0562. The van der Waals surface area contributed by atoms with E-state index in [2.05, 4.69) is 18.7 Å². The van der Waals surface area contributed by atoms with Gasteiger partial charge < -0.3 is 4.90 Å². The molecule has 1 heterocycles. The number of ketones is 1. The third-order valence-electron chi connectivity index (χ3n) is 3.29. The fraction of sp³-hybridized carbons (Fsp3) is 0.500. The number of hydrogen-bond acceptors (Lipinski definition) is 2. The normalized spacial score (nSPS) is 17.4. The molecule has 1 aliphatic heterocycles. The topological polar surface area (TPSA) is 20.3 Å². The zero-order valence-electron chi connectivity index (χ0n) is 10.0. The quantitative estimate of drug-likeness (QED) is 0.722. The number of nitrogens with zero attached hydrogens (tertiary/aromatic N) is 1. The first kappa shape index (κ1) is 11.3. The van der Waals surface area contributed by atoms with Gasteiger partial charge in [-0.2, -0.15) is 0 Å². The van der Waals surface area contributed by atoms with Gasteiger partial charge in [-0.3, -0.25) is 4.79 Å². The van der Waals surface area contributed by atoms with Crippen molar-refractivity contribution in [1.29, 1.82) is 0 Å². The molecular weight excluding hydrogens is 198 g/mol. The number of Topliss-reactive ketones (excluding diaryl/α,β-unsaturated/α-hetero) is 1. The molecule has 0 aliphatic carbocycles. The molecule has 2 nitrogen and oxygen atoms in total. The van der Waals surface area contributed by atoms with E-state index >= 15 is 0 Å². The highest BCUT2D eigenvalue weighted by molar-refractivity contribution is 5.96. The summed E-state index contributed by atoms with van der Waals surface area (Å²) in [5, 5.41) is 0. The lowest BCUT2D eigenvalue weighted by atomic mass is 9.91. The predicted molar refractivity (Wildman–Crippen MR) is 65.6 cm³/mol. The summed E-state index contributed by atoms with van der Waals surface area (Å²) in [6.45, 7) is 6.57. The second kappa shape index (κ2) is 4.79. The molecular formula is C14H19NO. The molecule has 0 saturated carbocycles. The molecule has 86 valence electrons. The van der Waals surface area contributed by atoms with Gasteiger partial charge in [-0.15, -0.1) is 0 Å². The third-order valence-corrected chi connectivity index (χ3v) is 3.29. The van der Waals surface area contributed by atoms with E-state index in [4.69, 9.17) is 0 Å². The van der Waals surface area contributed by atoms with Crippen LogP contribution in [-0.2, 0) is 0 Å². The van der Waals surface area contributed by atoms with E-state index in [1.54, 1.807) is 0 Å². The van der Waals surface area contributed by atoms with Crippen molar-refractivity contribution in [2.24, 2.45) is 5.92 Å². The van der Waals surface area contributed by atoms with Crippen molar-refractivity contribution in [3.8, 4) is 0 Å². The van der Waals surface area contributed by atoms with E-state index < -0.39 is 0 Å². The molecule has 0 unspecified atom stereocenters. The predicted octanol–water partition coefficient (Wildman–Crippen LogP) is 2.60. The Morgan fingerprint density at radius 1 is 1.31 bits per heavy atom. The van der Waals surface area contributed by atoms with Gasteiger partial charge in [-0.1, -0.05) is 30.3 Å². The maximum atomic E-state index is 11.9. The molecule has 1 aliphatic rings. The Bertz CT molecular complexity index is 352. The largest absolute Gasteiger partial charge is 0.300 e. The molecule has 0 atom stereocenters. The van der Waals surface area contributed by atoms with Crippen LogP contribution >= 0.6 is 0 Å². The van der Waals surface area contributed by atoms with Crippen molar-refractivity contribution in [3.05, 3.63) is 35.9 Å². The Hall–Kier alpha value is -1.15. The molecule has 2 rings (SSSR count). The van der Waals surface area contributed by atoms with Gasteiger partial charge in [-0.25, -0.2) is 0 Å². The van der Waals surface area contributed by atoms with Crippen LogP contribution in [0.15, 0.2) is 30.3 Å². The molecule has 1 aromatic rings. The van der Waals surface area contributed by atoms with Crippen molar-refractivity contribution in [2.45, 2.75) is 26.3 Å². The zero-order chi connectivity index (χ0) is 11.5. The summed E-state index contributed by atoms with van der Waals surface area (Å²) in [5.41, 5.74) is 0.852. The van der Waals surface area contributed by atoms with Gasteiger partial charge in [0.05, 0.1) is 0 Å². The van der Waals surface area contributed by atoms with E-state index in [1.165, 1.54) is 0 Å². The van der Waals surface area contributed by atoms with Gasteiger partial charge in [0.15, 0.2) is 5.78 Å². The molecule has 0 amide bonds. The molecule has 0 spiro atoms. The second-order valence-electron chi connectivity index (χ2n) is 4.91. The van der Waals surface area contributed by atoms with Crippen molar-refractivity contribution < 1.29 is 4.79 Å². The fourth-order valence-electron chi connectivity index (χ4n) is 2.16. The van der Waals surface area contributed by atoms with Crippen molar-refractivity contribution in [2.75, 3.05) is 13.1 Å². The van der Waals surface area contributed by atoms with Crippen LogP contribution in [0.25, 0.3) is 0 Å². The Morgan fingerprint density at radius 2 is 1.94 bits per heavy atom. The molecule has 1 saturated heterocycles. The molecule has 2 heteroatoms. The third kappa shape index (κ3) is 2.50. The highest BCUT2D eigenvalue weighted by Crippen LogP contribution is 2.22. The molecule has 16 heavy (non-hydrogen) atoms. The van der Waals surface area contributed by atoms with Crippen LogP contribution in [0.3, 0.4) is 0 Å². The minimum Gasteiger partial charge on any atom is -0.300 e. The maximum absolute atomic E-state index is 11.9. The van der Waals surface area contributed by atoms with E-state index in [0.717, 1.165) is 18.7 Å². The first-order chi connectivity index (χ1) is 7.66. The van der Waals surface area contributed by atoms with Crippen molar-refractivity contribution in [1.82, 2.24) is 4.90 Å². The molecule has 0 N–H and O–H groups in total. The average molecular weight is 217 g/mol. The summed E-state index contributed by atoms with van der Waals surface area (Å²) in [7, 11) is 0. The maximum Gasteiger partial charge on any atom is 0.163 e. The monoisotopic (exact) mass is 217 g/mol. The Kier molecular flexibility index (Phi) is 3.39. The second-order valence-corrected chi connectivity index (χ2v) is 4.91. The average Bonchev–Trinajstić information content (AvgIpc) is 2.23. The van der Waals surface area contributed by atoms with E-state index in [1.807, 2.05) is 30.3 Å².